The van der Waals surface area contributed by atoms with Crippen LogP contribution >= 0.6 is 12.2 Å². The summed E-state index contributed by atoms with van der Waals surface area (Å²) in [6.45, 7) is 3.08. The molecule has 7 nitrogen and oxygen atoms in total. The molecule has 2 N–H and O–H groups in total. The average molecular weight is 496 g/mol. The molecule has 4 aliphatic rings. The molecule has 1 saturated carbocycles. The molecular formula is C27H37N5O2S. The van der Waals surface area contributed by atoms with Crippen LogP contribution in [0.4, 0.5) is 5.69 Å². The van der Waals surface area contributed by atoms with Crippen molar-refractivity contribution in [2.24, 2.45) is 13.0 Å². The number of piperidine rings is 3. The molecule has 188 valence electrons. The SMILES string of the molecule is COC(=O)c1cccc(NC(=S)NC[C@H]2C[C@@H]3CCN2C[C@H]3c2cc(C3CCCCC3)nn2C)c1. The third-order valence-electron chi connectivity index (χ3n) is 8.26. The number of carbonyl (C=O) groups excluding carboxylic acids is 1. The molecule has 8 heteroatoms. The van der Waals surface area contributed by atoms with Crippen molar-refractivity contribution in [1.29, 1.82) is 0 Å². The minimum Gasteiger partial charge on any atom is -0.465 e. The van der Waals surface area contributed by atoms with Crippen LogP contribution in [0.25, 0.3) is 0 Å². The molecule has 2 bridgehead atoms. The number of aromatic nitrogens is 2. The predicted octanol–water partition coefficient (Wildman–Crippen LogP) is 4.42. The van der Waals surface area contributed by atoms with Gasteiger partial charge in [0.1, 0.15) is 0 Å². The van der Waals surface area contributed by atoms with Gasteiger partial charge in [0.2, 0.25) is 0 Å². The van der Waals surface area contributed by atoms with Crippen molar-refractivity contribution >= 4 is 29.0 Å². The minimum absolute atomic E-state index is 0.354. The van der Waals surface area contributed by atoms with Crippen LogP contribution in [0.5, 0.6) is 0 Å². The van der Waals surface area contributed by atoms with E-state index in [-0.39, 0.29) is 5.97 Å². The van der Waals surface area contributed by atoms with Crippen LogP contribution in [0.1, 0.15) is 78.5 Å². The summed E-state index contributed by atoms with van der Waals surface area (Å²) in [6, 6.07) is 10.1. The van der Waals surface area contributed by atoms with E-state index in [1.54, 1.807) is 12.1 Å². The third kappa shape index (κ3) is 5.38. The molecule has 0 amide bonds. The summed E-state index contributed by atoms with van der Waals surface area (Å²) >= 11 is 5.54. The monoisotopic (exact) mass is 495 g/mol. The number of hydrogen-bond donors (Lipinski definition) is 2. The first-order chi connectivity index (χ1) is 17.0. The highest BCUT2D eigenvalue weighted by atomic mass is 32.1. The Hall–Kier alpha value is -2.45. The lowest BCUT2D eigenvalue weighted by Gasteiger charge is -2.50. The smallest absolute Gasteiger partial charge is 0.337 e. The number of thiocarbonyl (C=S) groups is 1. The van der Waals surface area contributed by atoms with Gasteiger partial charge in [0.25, 0.3) is 0 Å². The standard InChI is InChI=1S/C27H37N5O2S/c1-31-25(15-24(30-31)18-7-4-3-5-8-18)23-17-32-12-11-19(23)14-22(32)16-28-27(35)29-21-10-6-9-20(13-21)26(33)34-2/h6,9-10,13,15,18-19,22-23H,3-5,7-8,11-12,14,16-17H2,1-2H3,(H2,28,29,35)/t19-,22+,23+/m0/s1. The fourth-order valence-corrected chi connectivity index (χ4v) is 6.56. The molecule has 3 aliphatic heterocycles. The maximum atomic E-state index is 11.8. The molecule has 1 aliphatic carbocycles. The second-order valence-corrected chi connectivity index (χ2v) is 10.8. The molecule has 1 unspecified atom stereocenters. The van der Waals surface area contributed by atoms with Crippen molar-refractivity contribution < 1.29 is 9.53 Å². The van der Waals surface area contributed by atoms with Crippen LogP contribution < -0.4 is 10.6 Å². The Balaban J connectivity index is 1.16. The highest BCUT2D eigenvalue weighted by molar-refractivity contribution is 7.80. The maximum Gasteiger partial charge on any atom is 0.337 e. The summed E-state index contributed by atoms with van der Waals surface area (Å²) in [6.07, 6.45) is 9.11. The first-order valence-corrected chi connectivity index (χ1v) is 13.4. The van der Waals surface area contributed by atoms with Gasteiger partial charge in [0.05, 0.1) is 18.4 Å². The van der Waals surface area contributed by atoms with Gasteiger partial charge in [0.15, 0.2) is 5.11 Å². The van der Waals surface area contributed by atoms with Gasteiger partial charge < -0.3 is 15.4 Å². The molecule has 0 spiro atoms. The van der Waals surface area contributed by atoms with Gasteiger partial charge in [-0.15, -0.1) is 0 Å². The lowest BCUT2D eigenvalue weighted by molar-refractivity contribution is 0.0303. The van der Waals surface area contributed by atoms with Crippen LogP contribution in [-0.2, 0) is 11.8 Å². The number of aryl methyl sites for hydroxylation is 1. The van der Waals surface area contributed by atoms with Gasteiger partial charge in [-0.1, -0.05) is 25.3 Å². The zero-order valence-electron chi connectivity index (χ0n) is 20.8. The Labute approximate surface area is 213 Å². The highest BCUT2D eigenvalue weighted by Gasteiger charge is 2.42. The van der Waals surface area contributed by atoms with Crippen molar-refractivity contribution in [2.75, 3.05) is 32.1 Å². The number of esters is 1. The normalized spacial score (nSPS) is 26.3. The molecular weight excluding hydrogens is 458 g/mol. The molecule has 2 aromatic rings. The fraction of sp³-hybridized carbons (Fsp3) is 0.593. The highest BCUT2D eigenvalue weighted by Crippen LogP contribution is 2.42. The van der Waals surface area contributed by atoms with E-state index in [0.29, 0.717) is 34.5 Å². The Morgan fingerprint density at radius 2 is 2.03 bits per heavy atom. The second-order valence-electron chi connectivity index (χ2n) is 10.4. The van der Waals surface area contributed by atoms with E-state index in [4.69, 9.17) is 22.1 Å². The number of rotatable bonds is 6. The number of nitrogens with zero attached hydrogens (tertiary/aromatic N) is 3. The number of carbonyl (C=O) groups is 1. The largest absolute Gasteiger partial charge is 0.465 e. The Morgan fingerprint density at radius 1 is 1.20 bits per heavy atom. The molecule has 35 heavy (non-hydrogen) atoms. The number of benzene rings is 1. The third-order valence-corrected chi connectivity index (χ3v) is 8.50. The van der Waals surface area contributed by atoms with E-state index >= 15 is 0 Å². The summed E-state index contributed by atoms with van der Waals surface area (Å²) in [5.74, 6) is 1.57. The average Bonchev–Trinajstić information content (AvgIpc) is 3.29. The Kier molecular flexibility index (Phi) is 7.39. The predicted molar refractivity (Wildman–Crippen MR) is 142 cm³/mol. The van der Waals surface area contributed by atoms with E-state index in [9.17, 15) is 4.79 Å². The van der Waals surface area contributed by atoms with Gasteiger partial charge in [-0.2, -0.15) is 5.10 Å². The summed E-state index contributed by atoms with van der Waals surface area (Å²) in [5.41, 5.74) is 4.03. The summed E-state index contributed by atoms with van der Waals surface area (Å²) in [4.78, 5) is 14.4. The zero-order chi connectivity index (χ0) is 24.4. The van der Waals surface area contributed by atoms with Crippen LogP contribution in [0.2, 0.25) is 0 Å². The molecule has 3 saturated heterocycles. The molecule has 4 atom stereocenters. The molecule has 0 radical (unpaired) electrons. The number of fused-ring (bicyclic) bond motifs is 3. The molecule has 4 heterocycles. The summed E-state index contributed by atoms with van der Waals surface area (Å²) in [5, 5.41) is 12.2. The van der Waals surface area contributed by atoms with Gasteiger partial charge in [-0.05, 0) is 74.6 Å². The molecule has 6 rings (SSSR count). The van der Waals surface area contributed by atoms with Crippen molar-refractivity contribution in [3.05, 3.63) is 47.3 Å². The van der Waals surface area contributed by atoms with Crippen molar-refractivity contribution in [3.63, 3.8) is 0 Å². The van der Waals surface area contributed by atoms with Crippen LogP contribution in [0.15, 0.2) is 30.3 Å². The zero-order valence-corrected chi connectivity index (χ0v) is 21.7. The van der Waals surface area contributed by atoms with E-state index < -0.39 is 0 Å². The van der Waals surface area contributed by atoms with Gasteiger partial charge >= 0.3 is 5.97 Å². The fourth-order valence-electron chi connectivity index (χ4n) is 6.36. The minimum atomic E-state index is -0.354. The second kappa shape index (κ2) is 10.7. The number of hydrogen-bond acceptors (Lipinski definition) is 5. The first kappa shape index (κ1) is 24.3. The van der Waals surface area contributed by atoms with Crippen molar-refractivity contribution in [2.45, 2.75) is 62.8 Å². The topological polar surface area (TPSA) is 71.4 Å². The quantitative estimate of drug-likeness (QED) is 0.454. The van der Waals surface area contributed by atoms with Crippen LogP contribution in [0.3, 0.4) is 0 Å². The van der Waals surface area contributed by atoms with E-state index in [1.165, 1.54) is 63.4 Å². The van der Waals surface area contributed by atoms with Crippen LogP contribution in [-0.4, -0.2) is 58.5 Å². The number of nitrogens with one attached hydrogen (secondary N) is 2. The number of anilines is 1. The maximum absolute atomic E-state index is 11.8. The van der Waals surface area contributed by atoms with Gasteiger partial charge in [-0.25, -0.2) is 4.79 Å². The lowest BCUT2D eigenvalue weighted by Crippen LogP contribution is -2.56. The number of methoxy groups -OCH3 is 1. The molecule has 1 aromatic heterocycles. The first-order valence-electron chi connectivity index (χ1n) is 13.0. The van der Waals surface area contributed by atoms with Gasteiger partial charge in [0, 0.05) is 49.4 Å². The summed E-state index contributed by atoms with van der Waals surface area (Å²) in [7, 11) is 3.52. The summed E-state index contributed by atoms with van der Waals surface area (Å²) < 4.78 is 6.98. The van der Waals surface area contributed by atoms with Gasteiger partial charge in [-0.3, -0.25) is 9.58 Å². The van der Waals surface area contributed by atoms with Crippen molar-refractivity contribution in [1.82, 2.24) is 20.0 Å². The van der Waals surface area contributed by atoms with Crippen LogP contribution in [0, 0.1) is 5.92 Å². The Bertz CT molecular complexity index is 1060. The van der Waals surface area contributed by atoms with E-state index in [2.05, 4.69) is 33.3 Å². The Morgan fingerprint density at radius 3 is 2.77 bits per heavy atom. The van der Waals surface area contributed by atoms with Crippen molar-refractivity contribution in [3.8, 4) is 0 Å². The molecule has 4 fully saturated rings. The van der Waals surface area contributed by atoms with E-state index in [0.717, 1.165) is 25.3 Å². The van der Waals surface area contributed by atoms with E-state index in [1.807, 2.05) is 12.1 Å². The lowest BCUT2D eigenvalue weighted by atomic mass is 9.74. The number of ether oxygens (including phenoxy) is 1. The molecule has 1 aromatic carbocycles.